The van der Waals surface area contributed by atoms with Crippen LogP contribution in [0.5, 0.6) is 0 Å². The number of imidazole rings is 1. The van der Waals surface area contributed by atoms with E-state index in [1.807, 2.05) is 30.3 Å². The number of carbonyl (C=O) groups excluding carboxylic acids is 1. The molecule has 0 saturated carbocycles. The molecule has 0 aliphatic carbocycles. The van der Waals surface area contributed by atoms with E-state index in [-0.39, 0.29) is 13.0 Å². The van der Waals surface area contributed by atoms with Crippen LogP contribution in [-0.4, -0.2) is 33.2 Å². The molecule has 110 valence electrons. The monoisotopic (exact) mass is 289 g/mol. The SMILES string of the molecule is O=C(N[C@@H](Cc1ncc[nH]1)C(=O)O)OCc1ccccc1. The number of nitrogens with one attached hydrogen (secondary N) is 2. The van der Waals surface area contributed by atoms with Gasteiger partial charge in [0.15, 0.2) is 0 Å². The first-order valence-corrected chi connectivity index (χ1v) is 6.33. The average Bonchev–Trinajstić information content (AvgIpc) is 2.98. The van der Waals surface area contributed by atoms with E-state index in [0.29, 0.717) is 5.82 Å². The molecule has 1 aromatic carbocycles. The molecular formula is C14H15N3O4. The van der Waals surface area contributed by atoms with Gasteiger partial charge < -0.3 is 20.1 Å². The van der Waals surface area contributed by atoms with Gasteiger partial charge in [-0.3, -0.25) is 0 Å². The summed E-state index contributed by atoms with van der Waals surface area (Å²) in [5.41, 5.74) is 0.825. The Balaban J connectivity index is 1.85. The largest absolute Gasteiger partial charge is 0.480 e. The predicted molar refractivity (Wildman–Crippen MR) is 73.5 cm³/mol. The Morgan fingerprint density at radius 3 is 2.71 bits per heavy atom. The minimum atomic E-state index is -1.15. The first-order valence-electron chi connectivity index (χ1n) is 6.33. The maximum atomic E-state index is 11.6. The first kappa shape index (κ1) is 14.6. The van der Waals surface area contributed by atoms with E-state index >= 15 is 0 Å². The van der Waals surface area contributed by atoms with Crippen LogP contribution in [0.3, 0.4) is 0 Å². The first-order chi connectivity index (χ1) is 10.1. The van der Waals surface area contributed by atoms with Gasteiger partial charge in [-0.2, -0.15) is 0 Å². The van der Waals surface area contributed by atoms with Crippen molar-refractivity contribution in [3.05, 3.63) is 54.1 Å². The molecule has 0 aliphatic heterocycles. The highest BCUT2D eigenvalue weighted by Gasteiger charge is 2.22. The Hall–Kier alpha value is -2.83. The van der Waals surface area contributed by atoms with Crippen LogP contribution in [0.15, 0.2) is 42.7 Å². The van der Waals surface area contributed by atoms with Crippen molar-refractivity contribution in [3.63, 3.8) is 0 Å². The zero-order chi connectivity index (χ0) is 15.1. The van der Waals surface area contributed by atoms with Gasteiger partial charge in [0.1, 0.15) is 18.5 Å². The van der Waals surface area contributed by atoms with Crippen molar-refractivity contribution in [2.45, 2.75) is 19.1 Å². The summed E-state index contributed by atoms with van der Waals surface area (Å²) < 4.78 is 4.98. The normalized spacial score (nSPS) is 11.6. The zero-order valence-electron chi connectivity index (χ0n) is 11.2. The lowest BCUT2D eigenvalue weighted by Crippen LogP contribution is -2.42. The Kier molecular flexibility index (Phi) is 4.92. The lowest BCUT2D eigenvalue weighted by Gasteiger charge is -2.13. The van der Waals surface area contributed by atoms with E-state index in [0.717, 1.165) is 5.56 Å². The topological polar surface area (TPSA) is 104 Å². The zero-order valence-corrected chi connectivity index (χ0v) is 11.2. The van der Waals surface area contributed by atoms with Crippen molar-refractivity contribution in [1.29, 1.82) is 0 Å². The summed E-state index contributed by atoms with van der Waals surface area (Å²) in [6, 6.07) is 8.03. The molecule has 1 heterocycles. The molecule has 0 saturated heterocycles. The van der Waals surface area contributed by atoms with Crippen LogP contribution in [-0.2, 0) is 22.6 Å². The van der Waals surface area contributed by atoms with Crippen molar-refractivity contribution in [2.24, 2.45) is 0 Å². The van der Waals surface area contributed by atoms with Gasteiger partial charge in [-0.15, -0.1) is 0 Å². The number of carboxylic acids is 1. The fraction of sp³-hybridized carbons (Fsp3) is 0.214. The van der Waals surface area contributed by atoms with E-state index < -0.39 is 18.1 Å². The maximum absolute atomic E-state index is 11.6. The molecular weight excluding hydrogens is 274 g/mol. The highest BCUT2D eigenvalue weighted by Crippen LogP contribution is 2.02. The van der Waals surface area contributed by atoms with Gasteiger partial charge in [0.25, 0.3) is 0 Å². The number of aromatic amines is 1. The van der Waals surface area contributed by atoms with Gasteiger partial charge in [-0.25, -0.2) is 14.6 Å². The van der Waals surface area contributed by atoms with Crippen LogP contribution in [0.1, 0.15) is 11.4 Å². The summed E-state index contributed by atoms with van der Waals surface area (Å²) in [5.74, 6) is -0.672. The number of rotatable bonds is 6. The second kappa shape index (κ2) is 7.09. The molecule has 0 spiro atoms. The number of amides is 1. The van der Waals surface area contributed by atoms with Crippen molar-refractivity contribution >= 4 is 12.1 Å². The molecule has 1 amide bonds. The van der Waals surface area contributed by atoms with Gasteiger partial charge in [-0.05, 0) is 5.56 Å². The number of H-pyrrole nitrogens is 1. The highest BCUT2D eigenvalue weighted by molar-refractivity contribution is 5.80. The molecule has 0 fully saturated rings. The lowest BCUT2D eigenvalue weighted by molar-refractivity contribution is -0.139. The Bertz CT molecular complexity index is 584. The molecule has 0 bridgehead atoms. The Morgan fingerprint density at radius 2 is 2.10 bits per heavy atom. The molecule has 1 atom stereocenters. The summed E-state index contributed by atoms with van der Waals surface area (Å²) in [5, 5.41) is 11.4. The summed E-state index contributed by atoms with van der Waals surface area (Å²) >= 11 is 0. The fourth-order valence-electron chi connectivity index (χ4n) is 1.71. The summed E-state index contributed by atoms with van der Waals surface area (Å²) in [6.45, 7) is 0.0831. The van der Waals surface area contributed by atoms with Gasteiger partial charge in [-0.1, -0.05) is 30.3 Å². The number of alkyl carbamates (subject to hydrolysis) is 1. The van der Waals surface area contributed by atoms with Crippen LogP contribution >= 0.6 is 0 Å². The van der Waals surface area contributed by atoms with Crippen LogP contribution in [0.4, 0.5) is 4.79 Å². The van der Waals surface area contributed by atoms with Gasteiger partial charge in [0.05, 0.1) is 0 Å². The quantitative estimate of drug-likeness (QED) is 0.744. The summed E-state index contributed by atoms with van der Waals surface area (Å²) in [6.07, 6.45) is 2.38. The number of carboxylic acid groups (broad SMARTS) is 1. The number of nitrogens with zero attached hydrogens (tertiary/aromatic N) is 1. The second-order valence-electron chi connectivity index (χ2n) is 4.34. The molecule has 0 unspecified atom stereocenters. The molecule has 21 heavy (non-hydrogen) atoms. The van der Waals surface area contributed by atoms with Crippen molar-refractivity contribution in [1.82, 2.24) is 15.3 Å². The number of carbonyl (C=O) groups is 2. The smallest absolute Gasteiger partial charge is 0.408 e. The number of hydrogen-bond acceptors (Lipinski definition) is 4. The molecule has 2 rings (SSSR count). The van der Waals surface area contributed by atoms with Crippen molar-refractivity contribution < 1.29 is 19.4 Å². The molecule has 0 aliphatic rings. The van der Waals surface area contributed by atoms with E-state index in [1.54, 1.807) is 6.20 Å². The van der Waals surface area contributed by atoms with Crippen LogP contribution < -0.4 is 5.32 Å². The third-order valence-corrected chi connectivity index (χ3v) is 2.76. The maximum Gasteiger partial charge on any atom is 0.408 e. The molecule has 0 radical (unpaired) electrons. The summed E-state index contributed by atoms with van der Waals surface area (Å²) in [4.78, 5) is 29.5. The van der Waals surface area contributed by atoms with Crippen molar-refractivity contribution in [2.75, 3.05) is 0 Å². The minimum absolute atomic E-state index is 0.0583. The average molecular weight is 289 g/mol. The molecule has 2 aromatic rings. The van der Waals surface area contributed by atoms with E-state index in [1.165, 1.54) is 6.20 Å². The molecule has 3 N–H and O–H groups in total. The molecule has 7 heteroatoms. The third-order valence-electron chi connectivity index (χ3n) is 2.76. The van der Waals surface area contributed by atoms with E-state index in [4.69, 9.17) is 9.84 Å². The Morgan fingerprint density at radius 1 is 1.33 bits per heavy atom. The number of benzene rings is 1. The van der Waals surface area contributed by atoms with Crippen molar-refractivity contribution in [3.8, 4) is 0 Å². The minimum Gasteiger partial charge on any atom is -0.480 e. The van der Waals surface area contributed by atoms with Gasteiger partial charge in [0.2, 0.25) is 0 Å². The molecule has 7 nitrogen and oxygen atoms in total. The Labute approximate surface area is 121 Å². The number of hydrogen-bond donors (Lipinski definition) is 3. The van der Waals surface area contributed by atoms with E-state index in [2.05, 4.69) is 15.3 Å². The fourth-order valence-corrected chi connectivity index (χ4v) is 1.71. The van der Waals surface area contributed by atoms with Crippen LogP contribution in [0.25, 0.3) is 0 Å². The molecule has 1 aromatic heterocycles. The van der Waals surface area contributed by atoms with Gasteiger partial charge >= 0.3 is 12.1 Å². The third kappa shape index (κ3) is 4.64. The standard InChI is InChI=1S/C14H15N3O4/c18-13(19)11(8-12-15-6-7-16-12)17-14(20)21-9-10-4-2-1-3-5-10/h1-7,11H,8-9H2,(H,15,16)(H,17,20)(H,18,19)/t11-/m0/s1. The van der Waals surface area contributed by atoms with Crippen LogP contribution in [0.2, 0.25) is 0 Å². The predicted octanol–water partition coefficient (Wildman–Crippen LogP) is 1.33. The lowest BCUT2D eigenvalue weighted by atomic mass is 10.2. The van der Waals surface area contributed by atoms with E-state index in [9.17, 15) is 9.59 Å². The summed E-state index contributed by atoms with van der Waals surface area (Å²) in [7, 11) is 0. The number of aromatic nitrogens is 2. The number of ether oxygens (including phenoxy) is 1. The number of aliphatic carboxylic acids is 1. The van der Waals surface area contributed by atoms with Gasteiger partial charge in [0, 0.05) is 18.8 Å². The van der Waals surface area contributed by atoms with Crippen LogP contribution in [0, 0.1) is 0 Å². The second-order valence-corrected chi connectivity index (χ2v) is 4.34. The highest BCUT2D eigenvalue weighted by atomic mass is 16.5.